The number of halogens is 1. The molecule has 5 rings (SSSR count). The Labute approximate surface area is 263 Å². The quantitative estimate of drug-likeness (QED) is 0.385. The molecule has 2 heterocycles. The molecule has 4 atom stereocenters. The maximum atomic E-state index is 14.2. The second-order valence-corrected chi connectivity index (χ2v) is 13.1. The van der Waals surface area contributed by atoms with Gasteiger partial charge in [-0.2, -0.15) is 0 Å². The van der Waals surface area contributed by atoms with E-state index in [9.17, 15) is 23.6 Å². The molecule has 0 spiro atoms. The Morgan fingerprint density at radius 1 is 0.978 bits per heavy atom. The predicted octanol–water partition coefficient (Wildman–Crippen LogP) is 3.11. The van der Waals surface area contributed by atoms with Gasteiger partial charge in [-0.25, -0.2) is 4.39 Å². The Balaban J connectivity index is 1.46. The van der Waals surface area contributed by atoms with Crippen molar-refractivity contribution in [1.82, 2.24) is 25.3 Å². The summed E-state index contributed by atoms with van der Waals surface area (Å²) in [5.74, 6) is -1.50. The minimum atomic E-state index is -0.891. The van der Waals surface area contributed by atoms with E-state index in [4.69, 9.17) is 0 Å². The number of rotatable bonds is 9. The summed E-state index contributed by atoms with van der Waals surface area (Å²) in [6, 6.07) is 17.9. The number of benzene rings is 3. The van der Waals surface area contributed by atoms with Crippen molar-refractivity contribution in [2.24, 2.45) is 5.41 Å². The molecule has 238 valence electrons. The molecule has 2 fully saturated rings. The Hall–Kier alpha value is -4.31. The average molecular weight is 616 g/mol. The number of fused-ring (bicyclic) bond motifs is 2. The molecule has 3 aromatic rings. The molecule has 0 saturated carbocycles. The van der Waals surface area contributed by atoms with Crippen molar-refractivity contribution in [1.29, 1.82) is 0 Å². The molecule has 0 radical (unpaired) electrons. The van der Waals surface area contributed by atoms with Gasteiger partial charge in [0.2, 0.25) is 23.6 Å². The topological polar surface area (TPSA) is 102 Å². The molecule has 2 N–H and O–H groups in total. The second kappa shape index (κ2) is 13.0. The van der Waals surface area contributed by atoms with Gasteiger partial charge in [-0.05, 0) is 59.8 Å². The molecule has 0 aromatic heterocycles. The van der Waals surface area contributed by atoms with Gasteiger partial charge in [-0.3, -0.25) is 19.2 Å². The average Bonchev–Trinajstić information content (AvgIpc) is 3.35. The van der Waals surface area contributed by atoms with Gasteiger partial charge < -0.3 is 25.3 Å². The highest BCUT2D eigenvalue weighted by Gasteiger charge is 2.53. The third kappa shape index (κ3) is 6.86. The molecule has 9 nitrogen and oxygen atoms in total. The number of amides is 4. The van der Waals surface area contributed by atoms with Gasteiger partial charge in [0.05, 0.1) is 12.6 Å². The summed E-state index contributed by atoms with van der Waals surface area (Å²) in [5, 5.41) is 7.91. The van der Waals surface area contributed by atoms with E-state index in [2.05, 4.69) is 10.6 Å². The number of nitrogens with zero attached hydrogens (tertiary/aromatic N) is 3. The van der Waals surface area contributed by atoms with Crippen molar-refractivity contribution in [2.75, 3.05) is 26.7 Å². The SMILES string of the molecule is CN[C@@H](C)C(=O)N[C@H](C(=O)N1CC(=O)N2[C@@H]1CN(CCc1ccc(F)cc1)C(=O)[C@@H]2Cc1ccc2ccccc2c1)C(C)(C)C. The van der Waals surface area contributed by atoms with Crippen molar-refractivity contribution in [3.63, 3.8) is 0 Å². The molecular weight excluding hydrogens is 573 g/mol. The molecule has 2 aliphatic rings. The standard InChI is InChI=1S/C35H42FN5O4/c1-22(37-5)32(43)38-31(35(2,3)4)34(45)40-21-30(42)41-28(19-24-10-13-25-8-6-7-9-26(25)18-24)33(44)39(20-29(40)41)17-16-23-11-14-27(36)15-12-23/h6-15,18,22,28-29,31,37H,16-17,19-21H2,1-5H3,(H,38,43)/t22-,28-,29+,31+/m0/s1. The van der Waals surface area contributed by atoms with Crippen LogP contribution in [0.4, 0.5) is 4.39 Å². The predicted molar refractivity (Wildman–Crippen MR) is 170 cm³/mol. The largest absolute Gasteiger partial charge is 0.342 e. The first-order chi connectivity index (χ1) is 21.4. The van der Waals surface area contributed by atoms with Crippen molar-refractivity contribution in [3.05, 3.63) is 83.7 Å². The Bertz CT molecular complexity index is 1590. The first-order valence-electron chi connectivity index (χ1n) is 15.5. The number of likely N-dealkylation sites (N-methyl/N-ethyl adjacent to an activating group) is 1. The van der Waals surface area contributed by atoms with Crippen molar-refractivity contribution < 1.29 is 23.6 Å². The van der Waals surface area contributed by atoms with Crippen LogP contribution in [0.3, 0.4) is 0 Å². The molecule has 0 aliphatic carbocycles. The van der Waals surface area contributed by atoms with Crippen LogP contribution >= 0.6 is 0 Å². The molecule has 3 aromatic carbocycles. The van der Waals surface area contributed by atoms with E-state index in [1.165, 1.54) is 17.0 Å². The minimum Gasteiger partial charge on any atom is -0.342 e. The van der Waals surface area contributed by atoms with E-state index >= 15 is 0 Å². The third-order valence-electron chi connectivity index (χ3n) is 8.93. The van der Waals surface area contributed by atoms with Crippen LogP contribution in [0, 0.1) is 11.2 Å². The Morgan fingerprint density at radius 2 is 1.64 bits per heavy atom. The zero-order valence-electron chi connectivity index (χ0n) is 26.5. The summed E-state index contributed by atoms with van der Waals surface area (Å²) in [7, 11) is 1.67. The van der Waals surface area contributed by atoms with Gasteiger partial charge in [0.1, 0.15) is 30.6 Å². The number of carbonyl (C=O) groups excluding carboxylic acids is 4. The fourth-order valence-corrected chi connectivity index (χ4v) is 6.16. The van der Waals surface area contributed by atoms with Gasteiger partial charge in [0, 0.05) is 13.0 Å². The molecule has 4 amide bonds. The zero-order chi connectivity index (χ0) is 32.5. The van der Waals surface area contributed by atoms with Crippen LogP contribution in [-0.4, -0.2) is 89.3 Å². The van der Waals surface area contributed by atoms with Crippen molar-refractivity contribution >= 4 is 34.4 Å². The van der Waals surface area contributed by atoms with Crippen LogP contribution < -0.4 is 10.6 Å². The fourth-order valence-electron chi connectivity index (χ4n) is 6.16. The first-order valence-corrected chi connectivity index (χ1v) is 15.5. The number of nitrogens with one attached hydrogen (secondary N) is 2. The molecular formula is C35H42FN5O4. The van der Waals surface area contributed by atoms with E-state index in [1.807, 2.05) is 63.2 Å². The van der Waals surface area contributed by atoms with E-state index < -0.39 is 29.7 Å². The van der Waals surface area contributed by atoms with E-state index in [0.717, 1.165) is 21.9 Å². The lowest BCUT2D eigenvalue weighted by molar-refractivity contribution is -0.156. The summed E-state index contributed by atoms with van der Waals surface area (Å²) in [5.41, 5.74) is 1.14. The molecule has 0 bridgehead atoms. The van der Waals surface area contributed by atoms with E-state index in [0.29, 0.717) is 19.4 Å². The lowest BCUT2D eigenvalue weighted by Crippen LogP contribution is -2.66. The zero-order valence-corrected chi connectivity index (χ0v) is 26.5. The van der Waals surface area contributed by atoms with Crippen LogP contribution in [-0.2, 0) is 32.0 Å². The van der Waals surface area contributed by atoms with Crippen LogP contribution in [0.15, 0.2) is 66.7 Å². The molecule has 10 heteroatoms. The molecule has 0 unspecified atom stereocenters. The van der Waals surface area contributed by atoms with Crippen molar-refractivity contribution in [2.45, 2.75) is 64.8 Å². The summed E-state index contributed by atoms with van der Waals surface area (Å²) < 4.78 is 13.5. The van der Waals surface area contributed by atoms with E-state index in [-0.39, 0.29) is 42.5 Å². The first kappa shape index (κ1) is 32.1. The highest BCUT2D eigenvalue weighted by atomic mass is 19.1. The normalized spacial score (nSPS) is 19.9. The van der Waals surface area contributed by atoms with Crippen molar-refractivity contribution in [3.8, 4) is 0 Å². The van der Waals surface area contributed by atoms with Gasteiger partial charge in [-0.15, -0.1) is 0 Å². The molecule has 2 aliphatic heterocycles. The summed E-state index contributed by atoms with van der Waals surface area (Å²) in [6.45, 7) is 7.64. The smallest absolute Gasteiger partial charge is 0.247 e. The molecule has 45 heavy (non-hydrogen) atoms. The summed E-state index contributed by atoms with van der Waals surface area (Å²) in [6.07, 6.45) is 0.0938. The second-order valence-electron chi connectivity index (χ2n) is 13.1. The van der Waals surface area contributed by atoms with Gasteiger partial charge >= 0.3 is 0 Å². The minimum absolute atomic E-state index is 0.142. The maximum absolute atomic E-state index is 14.2. The number of hydrogen-bond acceptors (Lipinski definition) is 5. The number of piperazine rings is 1. The fraction of sp³-hybridized carbons (Fsp3) is 0.429. The van der Waals surface area contributed by atoms with Crippen LogP contribution in [0.1, 0.15) is 38.8 Å². The summed E-state index contributed by atoms with van der Waals surface area (Å²) >= 11 is 0. The highest BCUT2D eigenvalue weighted by Crippen LogP contribution is 2.31. The highest BCUT2D eigenvalue weighted by molar-refractivity contribution is 5.97. The van der Waals surface area contributed by atoms with Crippen LogP contribution in [0.2, 0.25) is 0 Å². The van der Waals surface area contributed by atoms with Gasteiger partial charge in [0.15, 0.2) is 0 Å². The summed E-state index contributed by atoms with van der Waals surface area (Å²) in [4.78, 5) is 59.7. The molecule has 2 saturated heterocycles. The number of hydrogen-bond donors (Lipinski definition) is 2. The van der Waals surface area contributed by atoms with Crippen LogP contribution in [0.5, 0.6) is 0 Å². The third-order valence-corrected chi connectivity index (χ3v) is 8.93. The lowest BCUT2D eigenvalue weighted by Gasteiger charge is -2.45. The van der Waals surface area contributed by atoms with Gasteiger partial charge in [-0.1, -0.05) is 75.4 Å². The monoisotopic (exact) mass is 615 g/mol. The Morgan fingerprint density at radius 3 is 2.31 bits per heavy atom. The van der Waals surface area contributed by atoms with Crippen LogP contribution in [0.25, 0.3) is 10.8 Å². The van der Waals surface area contributed by atoms with E-state index in [1.54, 1.807) is 35.9 Å². The Kier molecular flexibility index (Phi) is 9.25. The number of carbonyl (C=O) groups is 4. The maximum Gasteiger partial charge on any atom is 0.247 e. The van der Waals surface area contributed by atoms with Gasteiger partial charge in [0.25, 0.3) is 0 Å². The lowest BCUT2D eigenvalue weighted by atomic mass is 9.85.